The predicted octanol–water partition coefficient (Wildman–Crippen LogP) is 1.82. The minimum atomic E-state index is -3.99. The molecule has 0 amide bonds. The van der Waals surface area contributed by atoms with Crippen LogP contribution in [0.5, 0.6) is 0 Å². The molecule has 0 aliphatic carbocycles. The van der Waals surface area contributed by atoms with Gasteiger partial charge in [-0.1, -0.05) is 30.9 Å². The molecule has 0 saturated carbocycles. The number of hydrogen-bond acceptors (Lipinski definition) is 5. The lowest BCUT2D eigenvalue weighted by atomic mass is 10.2. The maximum atomic E-state index is 12.0. The van der Waals surface area contributed by atoms with Crippen molar-refractivity contribution in [1.29, 1.82) is 0 Å². The van der Waals surface area contributed by atoms with Crippen molar-refractivity contribution in [3.05, 3.63) is 42.5 Å². The molecule has 0 aliphatic heterocycles. The lowest BCUT2D eigenvalue weighted by Crippen LogP contribution is -2.26. The van der Waals surface area contributed by atoms with Crippen LogP contribution >= 0.6 is 0 Å². The van der Waals surface area contributed by atoms with Gasteiger partial charge in [0.25, 0.3) is 10.1 Å². The summed E-state index contributed by atoms with van der Waals surface area (Å²) in [6, 6.07) is 6.38. The van der Waals surface area contributed by atoms with E-state index in [0.717, 1.165) is 0 Å². The summed E-state index contributed by atoms with van der Waals surface area (Å²) in [5, 5.41) is 0. The van der Waals surface area contributed by atoms with Crippen LogP contribution in [0, 0.1) is 6.92 Å². The van der Waals surface area contributed by atoms with Crippen molar-refractivity contribution in [2.45, 2.75) is 24.8 Å². The molecule has 0 fully saturated rings. The average Bonchev–Trinajstić information content (AvgIpc) is 2.35. The second-order valence-electron chi connectivity index (χ2n) is 3.88. The highest BCUT2D eigenvalue weighted by atomic mass is 32.2. The highest BCUT2D eigenvalue weighted by Crippen LogP contribution is 2.18. The zero-order valence-electron chi connectivity index (χ0n) is 10.8. The fourth-order valence-electron chi connectivity index (χ4n) is 1.38. The first-order valence-electron chi connectivity index (χ1n) is 5.65. The summed E-state index contributed by atoms with van der Waals surface area (Å²) in [7, 11) is -3.99. The molecule has 1 aromatic carbocycles. The maximum absolute atomic E-state index is 12.0. The summed E-state index contributed by atoms with van der Waals surface area (Å²) in [5.74, 6) is -0.753. The Kier molecular flexibility index (Phi) is 5.26. The second-order valence-corrected chi connectivity index (χ2v) is 5.42. The smallest absolute Gasteiger partial charge is 0.336 e. The van der Waals surface area contributed by atoms with E-state index in [4.69, 9.17) is 8.92 Å². The van der Waals surface area contributed by atoms with Crippen molar-refractivity contribution in [1.82, 2.24) is 0 Å². The van der Waals surface area contributed by atoms with E-state index in [0.29, 0.717) is 5.56 Å². The maximum Gasteiger partial charge on any atom is 0.336 e. The number of rotatable bonds is 6. The molecule has 1 unspecified atom stereocenters. The average molecular weight is 284 g/mol. The zero-order valence-corrected chi connectivity index (χ0v) is 11.6. The monoisotopic (exact) mass is 284 g/mol. The molecule has 5 nitrogen and oxygen atoms in total. The van der Waals surface area contributed by atoms with Crippen LogP contribution in [0.1, 0.15) is 12.5 Å². The van der Waals surface area contributed by atoms with Crippen molar-refractivity contribution in [2.75, 3.05) is 6.61 Å². The van der Waals surface area contributed by atoms with Gasteiger partial charge in [-0.25, -0.2) is 4.79 Å². The Hall–Kier alpha value is -1.66. The van der Waals surface area contributed by atoms with Crippen LogP contribution in [0.3, 0.4) is 0 Å². The standard InChI is InChI=1S/C13H16O5S/c1-4-9-17-13(14)11(3)18-19(15,16)12-8-6-5-7-10(12)2/h4-8,11H,1,9H2,2-3H3. The van der Waals surface area contributed by atoms with Crippen molar-refractivity contribution < 1.29 is 22.1 Å². The molecule has 0 aliphatic rings. The first kappa shape index (κ1) is 15.4. The SMILES string of the molecule is C=CCOC(=O)C(C)OS(=O)(=O)c1ccccc1C. The summed E-state index contributed by atoms with van der Waals surface area (Å²) >= 11 is 0. The third-order valence-electron chi connectivity index (χ3n) is 2.31. The van der Waals surface area contributed by atoms with E-state index in [1.807, 2.05) is 0 Å². The van der Waals surface area contributed by atoms with Crippen LogP contribution in [0.25, 0.3) is 0 Å². The van der Waals surface area contributed by atoms with E-state index in [1.54, 1.807) is 25.1 Å². The van der Waals surface area contributed by atoms with E-state index in [2.05, 4.69) is 6.58 Å². The van der Waals surface area contributed by atoms with E-state index in [9.17, 15) is 13.2 Å². The van der Waals surface area contributed by atoms with Gasteiger partial charge in [-0.15, -0.1) is 0 Å². The third-order valence-corrected chi connectivity index (χ3v) is 3.85. The molecule has 0 heterocycles. The fraction of sp³-hybridized carbons (Fsp3) is 0.308. The summed E-state index contributed by atoms with van der Waals surface area (Å²) < 4.78 is 33.5. The molecule has 0 aromatic heterocycles. The van der Waals surface area contributed by atoms with Crippen LogP contribution in [-0.2, 0) is 23.8 Å². The number of carbonyl (C=O) groups excluding carboxylic acids is 1. The van der Waals surface area contributed by atoms with Crippen molar-refractivity contribution in [3.8, 4) is 0 Å². The largest absolute Gasteiger partial charge is 0.460 e. The van der Waals surface area contributed by atoms with E-state index in [-0.39, 0.29) is 11.5 Å². The first-order valence-corrected chi connectivity index (χ1v) is 7.05. The number of esters is 1. The van der Waals surface area contributed by atoms with Crippen molar-refractivity contribution in [3.63, 3.8) is 0 Å². The molecular weight excluding hydrogens is 268 g/mol. The fourth-order valence-corrected chi connectivity index (χ4v) is 2.65. The quantitative estimate of drug-likeness (QED) is 0.453. The lowest BCUT2D eigenvalue weighted by molar-refractivity contribution is -0.149. The first-order chi connectivity index (χ1) is 8.88. The molecule has 1 aromatic rings. The van der Waals surface area contributed by atoms with Gasteiger partial charge < -0.3 is 4.74 Å². The van der Waals surface area contributed by atoms with Gasteiger partial charge in [0.15, 0.2) is 6.10 Å². The Morgan fingerprint density at radius 2 is 2.05 bits per heavy atom. The van der Waals surface area contributed by atoms with Gasteiger partial charge in [0.2, 0.25) is 0 Å². The molecule has 19 heavy (non-hydrogen) atoms. The second kappa shape index (κ2) is 6.49. The highest BCUT2D eigenvalue weighted by molar-refractivity contribution is 7.86. The van der Waals surface area contributed by atoms with E-state index in [1.165, 1.54) is 19.1 Å². The number of benzene rings is 1. The van der Waals surface area contributed by atoms with Crippen LogP contribution in [0.2, 0.25) is 0 Å². The molecule has 0 saturated heterocycles. The van der Waals surface area contributed by atoms with Crippen molar-refractivity contribution in [2.24, 2.45) is 0 Å². The molecule has 0 N–H and O–H groups in total. The number of carbonyl (C=O) groups is 1. The Bertz CT molecular complexity index is 562. The number of ether oxygens (including phenoxy) is 1. The third kappa shape index (κ3) is 4.18. The Morgan fingerprint density at radius 1 is 1.42 bits per heavy atom. The molecular formula is C13H16O5S. The van der Waals surface area contributed by atoms with Gasteiger partial charge in [-0.05, 0) is 25.5 Å². The number of aryl methyl sites for hydroxylation is 1. The van der Waals surface area contributed by atoms with Gasteiger partial charge in [0.05, 0.1) is 4.90 Å². The summed E-state index contributed by atoms with van der Waals surface area (Å²) in [5.41, 5.74) is 0.550. The molecule has 0 spiro atoms. The minimum absolute atomic E-state index is 0.0109. The molecule has 1 atom stereocenters. The van der Waals surface area contributed by atoms with Crippen LogP contribution in [-0.4, -0.2) is 27.1 Å². The van der Waals surface area contributed by atoms with Gasteiger partial charge in [-0.3, -0.25) is 4.18 Å². The molecule has 6 heteroatoms. The molecule has 0 bridgehead atoms. The molecule has 104 valence electrons. The summed E-state index contributed by atoms with van der Waals surface area (Å²) in [4.78, 5) is 11.5. The van der Waals surface area contributed by atoms with Gasteiger partial charge in [-0.2, -0.15) is 8.42 Å². The normalized spacial score (nSPS) is 12.7. The topological polar surface area (TPSA) is 69.7 Å². The van der Waals surface area contributed by atoms with Gasteiger partial charge in [0.1, 0.15) is 6.61 Å². The van der Waals surface area contributed by atoms with Gasteiger partial charge in [0, 0.05) is 0 Å². The molecule has 0 radical (unpaired) electrons. The Balaban J connectivity index is 2.83. The summed E-state index contributed by atoms with van der Waals surface area (Å²) in [6.07, 6.45) is 0.185. The Labute approximate surface area is 113 Å². The van der Waals surface area contributed by atoms with Gasteiger partial charge >= 0.3 is 5.97 Å². The summed E-state index contributed by atoms with van der Waals surface area (Å²) in [6.45, 7) is 6.37. The van der Waals surface area contributed by atoms with Crippen molar-refractivity contribution >= 4 is 16.1 Å². The highest BCUT2D eigenvalue weighted by Gasteiger charge is 2.25. The van der Waals surface area contributed by atoms with Crippen LogP contribution < -0.4 is 0 Å². The number of hydrogen-bond donors (Lipinski definition) is 0. The Morgan fingerprint density at radius 3 is 2.63 bits per heavy atom. The van der Waals surface area contributed by atoms with Crippen LogP contribution in [0.15, 0.2) is 41.8 Å². The van der Waals surface area contributed by atoms with E-state index >= 15 is 0 Å². The zero-order chi connectivity index (χ0) is 14.5. The minimum Gasteiger partial charge on any atom is -0.460 e. The van der Waals surface area contributed by atoms with E-state index < -0.39 is 22.2 Å². The lowest BCUT2D eigenvalue weighted by Gasteiger charge is -2.13. The molecule has 1 rings (SSSR count). The van der Waals surface area contributed by atoms with Crippen LogP contribution in [0.4, 0.5) is 0 Å². The predicted molar refractivity (Wildman–Crippen MR) is 70.1 cm³/mol.